The molecule has 0 spiro atoms. The van der Waals surface area contributed by atoms with Crippen LogP contribution in [-0.4, -0.2) is 31.1 Å². The van der Waals surface area contributed by atoms with Crippen molar-refractivity contribution in [3.05, 3.63) is 0 Å². The van der Waals surface area contributed by atoms with Gasteiger partial charge in [0.05, 0.1) is 0 Å². The van der Waals surface area contributed by atoms with Crippen molar-refractivity contribution < 1.29 is 0 Å². The zero-order valence-electron chi connectivity index (χ0n) is 10.5. The van der Waals surface area contributed by atoms with Crippen LogP contribution in [0.25, 0.3) is 0 Å². The van der Waals surface area contributed by atoms with E-state index in [1.807, 2.05) is 0 Å². The highest BCUT2D eigenvalue weighted by Gasteiger charge is 2.20. The molecule has 15 heavy (non-hydrogen) atoms. The summed E-state index contributed by atoms with van der Waals surface area (Å²) < 4.78 is 0. The van der Waals surface area contributed by atoms with E-state index in [0.717, 1.165) is 18.4 Å². The van der Waals surface area contributed by atoms with Gasteiger partial charge in [-0.05, 0) is 57.2 Å². The summed E-state index contributed by atoms with van der Waals surface area (Å²) in [6.07, 6.45) is 6.69. The Hall–Kier alpha value is -0.0800. The minimum Gasteiger partial charge on any atom is -0.330 e. The summed E-state index contributed by atoms with van der Waals surface area (Å²) in [6, 6.07) is 0. The first kappa shape index (κ1) is 13.0. The van der Waals surface area contributed by atoms with Gasteiger partial charge in [-0.15, -0.1) is 0 Å². The van der Waals surface area contributed by atoms with Gasteiger partial charge >= 0.3 is 0 Å². The highest BCUT2D eigenvalue weighted by Crippen LogP contribution is 2.20. The Labute approximate surface area is 95.2 Å². The van der Waals surface area contributed by atoms with Gasteiger partial charge in [-0.3, -0.25) is 0 Å². The molecule has 0 bridgehead atoms. The van der Waals surface area contributed by atoms with E-state index in [1.54, 1.807) is 0 Å². The Bertz CT molecular complexity index is 159. The maximum atomic E-state index is 5.55. The molecule has 2 heteroatoms. The van der Waals surface area contributed by atoms with Gasteiger partial charge in [-0.2, -0.15) is 0 Å². The van der Waals surface area contributed by atoms with Crippen molar-refractivity contribution in [2.24, 2.45) is 17.6 Å². The van der Waals surface area contributed by atoms with Gasteiger partial charge in [-0.25, -0.2) is 0 Å². The lowest BCUT2D eigenvalue weighted by Crippen LogP contribution is -2.22. The van der Waals surface area contributed by atoms with E-state index in [0.29, 0.717) is 0 Å². The highest BCUT2D eigenvalue weighted by atomic mass is 15.1. The molecular weight excluding hydrogens is 184 g/mol. The third kappa shape index (κ3) is 4.98. The Balaban J connectivity index is 2.01. The largest absolute Gasteiger partial charge is 0.330 e. The van der Waals surface area contributed by atoms with E-state index in [1.165, 1.54) is 51.7 Å². The molecule has 1 aliphatic heterocycles. The minimum absolute atomic E-state index is 0.819. The molecule has 1 saturated heterocycles. The number of nitrogens with zero attached hydrogens (tertiary/aromatic N) is 1. The van der Waals surface area contributed by atoms with Gasteiger partial charge in [0, 0.05) is 6.54 Å². The van der Waals surface area contributed by atoms with Crippen molar-refractivity contribution in [1.29, 1.82) is 0 Å². The first-order valence-corrected chi connectivity index (χ1v) is 6.68. The van der Waals surface area contributed by atoms with Gasteiger partial charge in [0.2, 0.25) is 0 Å². The third-order valence-electron chi connectivity index (χ3n) is 3.78. The monoisotopic (exact) mass is 212 g/mol. The molecule has 0 aliphatic carbocycles. The molecule has 0 aromatic heterocycles. The van der Waals surface area contributed by atoms with Gasteiger partial charge < -0.3 is 10.6 Å². The summed E-state index contributed by atoms with van der Waals surface area (Å²) in [6.45, 7) is 9.49. The molecule has 1 heterocycles. The van der Waals surface area contributed by atoms with Crippen LogP contribution in [-0.2, 0) is 0 Å². The normalized spacial score (nSPS) is 24.6. The van der Waals surface area contributed by atoms with Crippen LogP contribution in [0.1, 0.15) is 46.0 Å². The predicted molar refractivity (Wildman–Crippen MR) is 66.9 cm³/mol. The summed E-state index contributed by atoms with van der Waals surface area (Å²) >= 11 is 0. The average Bonchev–Trinajstić information content (AvgIpc) is 2.66. The molecule has 1 fully saturated rings. The second-order valence-electron chi connectivity index (χ2n) is 5.19. The predicted octanol–water partition coefficient (Wildman–Crippen LogP) is 2.48. The zero-order valence-corrected chi connectivity index (χ0v) is 10.5. The fourth-order valence-corrected chi connectivity index (χ4v) is 2.54. The second kappa shape index (κ2) is 7.24. The number of hydrogen-bond donors (Lipinski definition) is 1. The van der Waals surface area contributed by atoms with Crippen LogP contribution in [0.3, 0.4) is 0 Å². The molecule has 2 atom stereocenters. The molecule has 90 valence electrons. The van der Waals surface area contributed by atoms with Crippen molar-refractivity contribution in [2.45, 2.75) is 46.0 Å². The van der Waals surface area contributed by atoms with E-state index in [9.17, 15) is 0 Å². The fraction of sp³-hybridized carbons (Fsp3) is 1.00. The average molecular weight is 212 g/mol. The van der Waals surface area contributed by atoms with Gasteiger partial charge in [0.25, 0.3) is 0 Å². The first-order chi connectivity index (χ1) is 7.26. The first-order valence-electron chi connectivity index (χ1n) is 6.68. The zero-order chi connectivity index (χ0) is 11.1. The van der Waals surface area contributed by atoms with E-state index in [2.05, 4.69) is 18.7 Å². The van der Waals surface area contributed by atoms with E-state index < -0.39 is 0 Å². The molecule has 2 N–H and O–H groups in total. The van der Waals surface area contributed by atoms with E-state index >= 15 is 0 Å². The number of hydrogen-bond acceptors (Lipinski definition) is 2. The Morgan fingerprint density at radius 3 is 2.80 bits per heavy atom. The van der Waals surface area contributed by atoms with Crippen LogP contribution in [0, 0.1) is 11.8 Å². The van der Waals surface area contributed by atoms with Crippen LogP contribution in [0.5, 0.6) is 0 Å². The van der Waals surface area contributed by atoms with Gasteiger partial charge in [-0.1, -0.05) is 20.3 Å². The van der Waals surface area contributed by atoms with Crippen molar-refractivity contribution in [3.8, 4) is 0 Å². The molecule has 0 aromatic rings. The van der Waals surface area contributed by atoms with Gasteiger partial charge in [0.1, 0.15) is 0 Å². The second-order valence-corrected chi connectivity index (χ2v) is 5.19. The molecule has 2 unspecified atom stereocenters. The van der Waals surface area contributed by atoms with E-state index in [4.69, 9.17) is 5.73 Å². The smallest absolute Gasteiger partial charge is 0.00100 e. The highest BCUT2D eigenvalue weighted by molar-refractivity contribution is 4.74. The number of likely N-dealkylation sites (tertiary alicyclic amines) is 1. The lowest BCUT2D eigenvalue weighted by molar-refractivity contribution is 0.303. The third-order valence-corrected chi connectivity index (χ3v) is 3.78. The molecular formula is C13H28N2. The van der Waals surface area contributed by atoms with Crippen LogP contribution >= 0.6 is 0 Å². The van der Waals surface area contributed by atoms with Crippen LogP contribution in [0.4, 0.5) is 0 Å². The SMILES string of the molecule is CCC1CCN(CCCC(C)CCN)C1. The van der Waals surface area contributed by atoms with Crippen LogP contribution < -0.4 is 5.73 Å². The van der Waals surface area contributed by atoms with Crippen molar-refractivity contribution in [2.75, 3.05) is 26.2 Å². The number of rotatable bonds is 7. The Kier molecular flexibility index (Phi) is 6.26. The van der Waals surface area contributed by atoms with Crippen LogP contribution in [0.15, 0.2) is 0 Å². The molecule has 1 rings (SSSR count). The lowest BCUT2D eigenvalue weighted by Gasteiger charge is -2.17. The Morgan fingerprint density at radius 1 is 1.40 bits per heavy atom. The summed E-state index contributed by atoms with van der Waals surface area (Å²) in [5.74, 6) is 1.80. The maximum absolute atomic E-state index is 5.55. The topological polar surface area (TPSA) is 29.3 Å². The van der Waals surface area contributed by atoms with Crippen LogP contribution in [0.2, 0.25) is 0 Å². The van der Waals surface area contributed by atoms with Gasteiger partial charge in [0.15, 0.2) is 0 Å². The minimum atomic E-state index is 0.819. The van der Waals surface area contributed by atoms with Crippen molar-refractivity contribution in [1.82, 2.24) is 4.90 Å². The molecule has 0 saturated carbocycles. The summed E-state index contributed by atoms with van der Waals surface area (Å²) in [5, 5.41) is 0. The summed E-state index contributed by atoms with van der Waals surface area (Å²) in [7, 11) is 0. The van der Waals surface area contributed by atoms with Crippen molar-refractivity contribution in [3.63, 3.8) is 0 Å². The maximum Gasteiger partial charge on any atom is 0.00100 e. The molecule has 0 aromatic carbocycles. The molecule has 1 aliphatic rings. The summed E-state index contributed by atoms with van der Waals surface area (Å²) in [5.41, 5.74) is 5.55. The lowest BCUT2D eigenvalue weighted by atomic mass is 10.0. The fourth-order valence-electron chi connectivity index (χ4n) is 2.54. The summed E-state index contributed by atoms with van der Waals surface area (Å²) in [4.78, 5) is 2.64. The van der Waals surface area contributed by atoms with Crippen molar-refractivity contribution >= 4 is 0 Å². The Morgan fingerprint density at radius 2 is 2.20 bits per heavy atom. The standard InChI is InChI=1S/C13H28N2/c1-3-13-7-10-15(11-13)9-4-5-12(2)6-8-14/h12-13H,3-11,14H2,1-2H3. The molecule has 0 amide bonds. The molecule has 2 nitrogen and oxygen atoms in total. The molecule has 0 radical (unpaired) electrons. The quantitative estimate of drug-likeness (QED) is 0.702. The van der Waals surface area contributed by atoms with E-state index in [-0.39, 0.29) is 0 Å². The number of nitrogens with two attached hydrogens (primary N) is 1.